The summed E-state index contributed by atoms with van der Waals surface area (Å²) in [7, 11) is 0. The molecule has 1 aliphatic heterocycles. The van der Waals surface area contributed by atoms with E-state index in [9.17, 15) is 9.18 Å². The molecule has 1 fully saturated rings. The van der Waals surface area contributed by atoms with Crippen LogP contribution in [0.2, 0.25) is 5.02 Å². The predicted octanol–water partition coefficient (Wildman–Crippen LogP) is 5.34. The average molecular weight is 419 g/mol. The zero-order valence-electron chi connectivity index (χ0n) is 15.7. The average Bonchev–Trinajstić information content (AvgIpc) is 3.01. The molecular weight excluding hydrogens is 399 g/mol. The second-order valence-corrected chi connectivity index (χ2v) is 8.37. The van der Waals surface area contributed by atoms with Gasteiger partial charge in [0, 0.05) is 18.8 Å². The number of benzene rings is 1. The number of carbonyl (C=O) groups excluding carboxylic acids is 1. The highest BCUT2D eigenvalue weighted by Crippen LogP contribution is 2.36. The van der Waals surface area contributed by atoms with Crippen molar-refractivity contribution in [1.82, 2.24) is 9.97 Å². The van der Waals surface area contributed by atoms with Gasteiger partial charge in [-0.2, -0.15) is 0 Å². The van der Waals surface area contributed by atoms with Gasteiger partial charge in [0.2, 0.25) is 0 Å². The standard InChI is InChI=1S/C20H20ClFN4OS/c1-11-16-18(26-8-4-3-5-9-26)23-12(2)24-20(16)28-17(11)19(27)25-13-6-7-15(22)14(21)10-13/h6-7,10H,3-5,8-9H2,1-2H3,(H,25,27). The van der Waals surface area contributed by atoms with Crippen LogP contribution in [0.5, 0.6) is 0 Å². The van der Waals surface area contributed by atoms with Gasteiger partial charge < -0.3 is 10.2 Å². The van der Waals surface area contributed by atoms with Crippen LogP contribution in [0.25, 0.3) is 10.2 Å². The van der Waals surface area contributed by atoms with Gasteiger partial charge in [0.15, 0.2) is 0 Å². The maximum absolute atomic E-state index is 13.4. The van der Waals surface area contributed by atoms with E-state index >= 15 is 0 Å². The molecule has 28 heavy (non-hydrogen) atoms. The highest BCUT2D eigenvalue weighted by molar-refractivity contribution is 7.20. The van der Waals surface area contributed by atoms with Crippen molar-refractivity contribution in [3.05, 3.63) is 45.3 Å². The molecule has 0 bridgehead atoms. The molecule has 0 aliphatic carbocycles. The third-order valence-electron chi connectivity index (χ3n) is 4.92. The zero-order valence-corrected chi connectivity index (χ0v) is 17.3. The zero-order chi connectivity index (χ0) is 19.8. The van der Waals surface area contributed by atoms with E-state index in [4.69, 9.17) is 16.6 Å². The summed E-state index contributed by atoms with van der Waals surface area (Å²) in [5.41, 5.74) is 1.32. The number of hydrogen-bond donors (Lipinski definition) is 1. The van der Waals surface area contributed by atoms with E-state index in [1.165, 1.54) is 36.0 Å². The molecule has 5 nitrogen and oxygen atoms in total. The normalized spacial score (nSPS) is 14.5. The predicted molar refractivity (Wildman–Crippen MR) is 112 cm³/mol. The largest absolute Gasteiger partial charge is 0.356 e. The maximum Gasteiger partial charge on any atom is 0.266 e. The molecule has 1 N–H and O–H groups in total. The Hall–Kier alpha value is -2.25. The topological polar surface area (TPSA) is 58.1 Å². The minimum absolute atomic E-state index is 0.0280. The lowest BCUT2D eigenvalue weighted by molar-refractivity contribution is 0.103. The molecule has 1 aromatic carbocycles. The van der Waals surface area contributed by atoms with Crippen LogP contribution in [0, 0.1) is 19.7 Å². The SMILES string of the molecule is Cc1nc(N2CCCCC2)c2c(C)c(C(=O)Nc3ccc(F)c(Cl)c3)sc2n1. The molecule has 0 spiro atoms. The number of amides is 1. The van der Waals surface area contributed by atoms with Crippen molar-refractivity contribution in [2.24, 2.45) is 0 Å². The summed E-state index contributed by atoms with van der Waals surface area (Å²) in [6.07, 6.45) is 3.53. The van der Waals surface area contributed by atoms with Gasteiger partial charge in [-0.3, -0.25) is 4.79 Å². The summed E-state index contributed by atoms with van der Waals surface area (Å²) in [4.78, 5) is 25.8. The molecule has 1 aliphatic rings. The second-order valence-electron chi connectivity index (χ2n) is 6.96. The van der Waals surface area contributed by atoms with Crippen LogP contribution >= 0.6 is 22.9 Å². The first-order valence-electron chi connectivity index (χ1n) is 9.23. The molecule has 0 unspecified atom stereocenters. The Morgan fingerprint density at radius 3 is 2.68 bits per heavy atom. The molecule has 3 heterocycles. The Morgan fingerprint density at radius 1 is 1.21 bits per heavy atom. The molecule has 146 valence electrons. The number of thiophene rings is 1. The smallest absolute Gasteiger partial charge is 0.266 e. The van der Waals surface area contributed by atoms with E-state index < -0.39 is 5.82 Å². The van der Waals surface area contributed by atoms with Gasteiger partial charge in [-0.25, -0.2) is 14.4 Å². The van der Waals surface area contributed by atoms with Crippen LogP contribution in [0.3, 0.4) is 0 Å². The van der Waals surface area contributed by atoms with Crippen molar-refractivity contribution in [2.75, 3.05) is 23.3 Å². The van der Waals surface area contributed by atoms with Crippen LogP contribution < -0.4 is 10.2 Å². The van der Waals surface area contributed by atoms with Crippen LogP contribution in [-0.4, -0.2) is 29.0 Å². The Bertz CT molecular complexity index is 1060. The summed E-state index contributed by atoms with van der Waals surface area (Å²) >= 11 is 7.17. The van der Waals surface area contributed by atoms with Crippen LogP contribution in [-0.2, 0) is 0 Å². The number of piperidine rings is 1. The quantitative estimate of drug-likeness (QED) is 0.623. The molecule has 1 saturated heterocycles. The first-order valence-corrected chi connectivity index (χ1v) is 10.4. The Kier molecular flexibility index (Phi) is 5.21. The van der Waals surface area contributed by atoms with Crippen molar-refractivity contribution < 1.29 is 9.18 Å². The summed E-state index contributed by atoms with van der Waals surface area (Å²) < 4.78 is 13.4. The Morgan fingerprint density at radius 2 is 1.96 bits per heavy atom. The summed E-state index contributed by atoms with van der Waals surface area (Å²) in [6, 6.07) is 4.13. The van der Waals surface area contributed by atoms with Gasteiger partial charge in [-0.15, -0.1) is 11.3 Å². The van der Waals surface area contributed by atoms with Crippen molar-refractivity contribution in [2.45, 2.75) is 33.1 Å². The fourth-order valence-corrected chi connectivity index (χ4v) is 4.83. The number of halogens is 2. The summed E-state index contributed by atoms with van der Waals surface area (Å²) in [6.45, 7) is 5.74. The van der Waals surface area contributed by atoms with Crippen molar-refractivity contribution in [3.8, 4) is 0 Å². The highest BCUT2D eigenvalue weighted by atomic mass is 35.5. The number of hydrogen-bond acceptors (Lipinski definition) is 5. The van der Waals surface area contributed by atoms with Gasteiger partial charge in [0.05, 0.1) is 15.3 Å². The van der Waals surface area contributed by atoms with Crippen molar-refractivity contribution in [3.63, 3.8) is 0 Å². The summed E-state index contributed by atoms with van der Waals surface area (Å²) in [5.74, 6) is 0.839. The molecule has 0 atom stereocenters. The van der Waals surface area contributed by atoms with E-state index in [0.29, 0.717) is 16.4 Å². The molecule has 0 radical (unpaired) electrons. The van der Waals surface area contributed by atoms with Gasteiger partial charge in [0.25, 0.3) is 5.91 Å². The van der Waals surface area contributed by atoms with E-state index in [1.54, 1.807) is 0 Å². The Balaban J connectivity index is 1.72. The third kappa shape index (κ3) is 3.56. The van der Waals surface area contributed by atoms with Crippen molar-refractivity contribution in [1.29, 1.82) is 0 Å². The molecule has 3 aromatic rings. The van der Waals surface area contributed by atoms with Crippen molar-refractivity contribution >= 4 is 50.6 Å². The molecule has 8 heteroatoms. The number of nitrogens with zero attached hydrogens (tertiary/aromatic N) is 3. The highest BCUT2D eigenvalue weighted by Gasteiger charge is 2.23. The number of aryl methyl sites for hydroxylation is 2. The molecule has 4 rings (SSSR count). The van der Waals surface area contributed by atoms with Gasteiger partial charge in [0.1, 0.15) is 22.3 Å². The summed E-state index contributed by atoms with van der Waals surface area (Å²) in [5, 5.41) is 3.72. The minimum Gasteiger partial charge on any atom is -0.356 e. The van der Waals surface area contributed by atoms with Crippen LogP contribution in [0.15, 0.2) is 18.2 Å². The number of rotatable bonds is 3. The van der Waals surface area contributed by atoms with Crippen LogP contribution in [0.4, 0.5) is 15.9 Å². The maximum atomic E-state index is 13.4. The van der Waals surface area contributed by atoms with E-state index in [1.807, 2.05) is 13.8 Å². The lowest BCUT2D eigenvalue weighted by atomic mass is 10.1. The minimum atomic E-state index is -0.519. The van der Waals surface area contributed by atoms with E-state index in [-0.39, 0.29) is 10.9 Å². The van der Waals surface area contributed by atoms with Crippen LogP contribution in [0.1, 0.15) is 40.3 Å². The first kappa shape index (κ1) is 19.1. The van der Waals surface area contributed by atoms with E-state index in [2.05, 4.69) is 15.2 Å². The molecular formula is C20H20ClFN4OS. The van der Waals surface area contributed by atoms with Gasteiger partial charge in [-0.05, 0) is 56.9 Å². The molecule has 0 saturated carbocycles. The monoisotopic (exact) mass is 418 g/mol. The second kappa shape index (κ2) is 7.64. The fraction of sp³-hybridized carbons (Fsp3) is 0.350. The molecule has 1 amide bonds. The number of carbonyl (C=O) groups is 1. The van der Waals surface area contributed by atoms with Gasteiger partial charge >= 0.3 is 0 Å². The Labute approximate surface area is 171 Å². The first-order chi connectivity index (χ1) is 13.4. The van der Waals surface area contributed by atoms with Gasteiger partial charge in [-0.1, -0.05) is 11.6 Å². The number of nitrogens with one attached hydrogen (secondary N) is 1. The fourth-order valence-electron chi connectivity index (χ4n) is 3.53. The number of aromatic nitrogens is 2. The van der Waals surface area contributed by atoms with E-state index in [0.717, 1.165) is 47.5 Å². The molecule has 2 aromatic heterocycles. The third-order valence-corrected chi connectivity index (χ3v) is 6.40. The lowest BCUT2D eigenvalue weighted by Crippen LogP contribution is -2.30. The number of anilines is 2. The number of fused-ring (bicyclic) bond motifs is 1. The lowest BCUT2D eigenvalue weighted by Gasteiger charge is -2.28.